The molecule has 0 radical (unpaired) electrons. The molecule has 0 saturated carbocycles. The van der Waals surface area contributed by atoms with Crippen molar-refractivity contribution in [3.63, 3.8) is 0 Å². The molecule has 0 bridgehead atoms. The Morgan fingerprint density at radius 2 is 1.86 bits per heavy atom. The van der Waals surface area contributed by atoms with Gasteiger partial charge in [0.1, 0.15) is 5.82 Å². The third-order valence-electron chi connectivity index (χ3n) is 5.89. The monoisotopic (exact) mass is 459 g/mol. The Hall–Kier alpha value is -4.85. The van der Waals surface area contributed by atoms with E-state index in [9.17, 15) is 4.79 Å². The van der Waals surface area contributed by atoms with Crippen LogP contribution in [0, 0.1) is 6.92 Å². The maximum atomic E-state index is 12.8. The van der Waals surface area contributed by atoms with Crippen LogP contribution in [0.1, 0.15) is 21.7 Å². The lowest BCUT2D eigenvalue weighted by Crippen LogP contribution is -2.04. The molecule has 0 spiro atoms. The van der Waals surface area contributed by atoms with E-state index >= 15 is 0 Å². The normalized spacial score (nSPS) is 11.2. The number of rotatable bonds is 6. The number of hydrogen-bond donors (Lipinski definition) is 3. The largest absolute Gasteiger partial charge is 0.352 e. The minimum atomic E-state index is 0.0189. The number of aryl methyl sites for hydroxylation is 1. The predicted molar refractivity (Wildman–Crippen MR) is 136 cm³/mol. The SMILES string of the molecule is Cc1ccc(CC(=O)c2cc3ccc(-c4nccc(Nc5ccc6[nH]ncc6c5)n4)cc3[nH]2)cn1. The number of pyridine rings is 1. The first kappa shape index (κ1) is 20.7. The Balaban J connectivity index is 1.24. The van der Waals surface area contributed by atoms with Gasteiger partial charge in [0.05, 0.1) is 17.4 Å². The van der Waals surface area contributed by atoms with E-state index in [1.807, 2.05) is 67.6 Å². The van der Waals surface area contributed by atoms with Crippen molar-refractivity contribution < 1.29 is 4.79 Å². The number of carbonyl (C=O) groups is 1. The molecule has 0 amide bonds. The minimum Gasteiger partial charge on any atom is -0.352 e. The molecule has 2 aromatic carbocycles. The van der Waals surface area contributed by atoms with E-state index in [1.54, 1.807) is 18.6 Å². The average Bonchev–Trinajstić information content (AvgIpc) is 3.52. The fraction of sp³-hybridized carbons (Fsp3) is 0.0741. The molecular weight excluding hydrogens is 438 g/mol. The molecule has 8 heteroatoms. The zero-order valence-corrected chi connectivity index (χ0v) is 18.9. The van der Waals surface area contributed by atoms with Crippen LogP contribution < -0.4 is 5.32 Å². The molecule has 6 aromatic rings. The van der Waals surface area contributed by atoms with Gasteiger partial charge in [-0.3, -0.25) is 14.9 Å². The predicted octanol–water partition coefficient (Wildman–Crippen LogP) is 5.37. The summed E-state index contributed by atoms with van der Waals surface area (Å²) in [6, 6.07) is 19.4. The average molecular weight is 460 g/mol. The van der Waals surface area contributed by atoms with E-state index in [0.29, 0.717) is 23.8 Å². The topological polar surface area (TPSA) is 112 Å². The van der Waals surface area contributed by atoms with Crippen molar-refractivity contribution in [2.24, 2.45) is 0 Å². The van der Waals surface area contributed by atoms with E-state index in [1.165, 1.54) is 0 Å². The van der Waals surface area contributed by atoms with Gasteiger partial charge in [0.15, 0.2) is 11.6 Å². The first-order valence-electron chi connectivity index (χ1n) is 11.2. The van der Waals surface area contributed by atoms with Crippen LogP contribution in [-0.2, 0) is 6.42 Å². The minimum absolute atomic E-state index is 0.0189. The van der Waals surface area contributed by atoms with Gasteiger partial charge in [-0.05, 0) is 55.0 Å². The number of ketones is 1. The molecule has 0 saturated heterocycles. The van der Waals surface area contributed by atoms with Gasteiger partial charge in [0.25, 0.3) is 0 Å². The van der Waals surface area contributed by atoms with Gasteiger partial charge in [0, 0.05) is 52.0 Å². The summed E-state index contributed by atoms with van der Waals surface area (Å²) in [5, 5.41) is 12.3. The van der Waals surface area contributed by atoms with Crippen LogP contribution in [0.25, 0.3) is 33.2 Å². The molecule has 4 aromatic heterocycles. The Morgan fingerprint density at radius 3 is 2.74 bits per heavy atom. The molecule has 6 rings (SSSR count). The van der Waals surface area contributed by atoms with Gasteiger partial charge in [-0.15, -0.1) is 0 Å². The van der Waals surface area contributed by atoms with Gasteiger partial charge in [-0.25, -0.2) is 9.97 Å². The number of benzene rings is 2. The zero-order chi connectivity index (χ0) is 23.8. The number of aromatic nitrogens is 6. The van der Waals surface area contributed by atoms with Crippen molar-refractivity contribution in [2.45, 2.75) is 13.3 Å². The summed E-state index contributed by atoms with van der Waals surface area (Å²) in [6.45, 7) is 1.93. The molecule has 0 aliphatic carbocycles. The number of Topliss-reactive ketones (excluding diaryl/α,β-unsaturated/α-hetero) is 1. The first-order valence-corrected chi connectivity index (χ1v) is 11.2. The van der Waals surface area contributed by atoms with Crippen molar-refractivity contribution in [3.8, 4) is 11.4 Å². The molecular formula is C27H21N7O. The molecule has 35 heavy (non-hydrogen) atoms. The second-order valence-electron chi connectivity index (χ2n) is 8.46. The molecule has 0 atom stereocenters. The van der Waals surface area contributed by atoms with Crippen LogP contribution in [-0.4, -0.2) is 35.9 Å². The van der Waals surface area contributed by atoms with Crippen molar-refractivity contribution in [1.82, 2.24) is 30.1 Å². The second-order valence-corrected chi connectivity index (χ2v) is 8.46. The van der Waals surface area contributed by atoms with E-state index in [4.69, 9.17) is 0 Å². The molecule has 170 valence electrons. The summed E-state index contributed by atoms with van der Waals surface area (Å²) >= 11 is 0. The standard InChI is InChI=1S/C27H21N7O/c1-16-2-3-17(14-29-16)10-25(35)24-12-18-4-5-19(13-23(18)32-24)27-28-9-8-26(33-27)31-21-6-7-22-20(11-21)15-30-34-22/h2-9,11-15,32H,10H2,1H3,(H,30,34)(H,28,31,33). The summed E-state index contributed by atoms with van der Waals surface area (Å²) in [5.74, 6) is 1.30. The lowest BCUT2D eigenvalue weighted by molar-refractivity contribution is 0.0989. The highest BCUT2D eigenvalue weighted by atomic mass is 16.1. The summed E-state index contributed by atoms with van der Waals surface area (Å²) < 4.78 is 0. The Labute approximate surface area is 200 Å². The maximum Gasteiger partial charge on any atom is 0.183 e. The smallest absolute Gasteiger partial charge is 0.183 e. The van der Waals surface area contributed by atoms with E-state index < -0.39 is 0 Å². The quantitative estimate of drug-likeness (QED) is 0.289. The van der Waals surface area contributed by atoms with Crippen LogP contribution in [0.3, 0.4) is 0 Å². The van der Waals surface area contributed by atoms with E-state index in [2.05, 4.69) is 35.5 Å². The summed E-state index contributed by atoms with van der Waals surface area (Å²) in [5.41, 5.74) is 6.00. The lowest BCUT2D eigenvalue weighted by atomic mass is 10.1. The van der Waals surface area contributed by atoms with Crippen molar-refractivity contribution in [1.29, 1.82) is 0 Å². The lowest BCUT2D eigenvalue weighted by Gasteiger charge is -2.07. The van der Waals surface area contributed by atoms with Gasteiger partial charge < -0.3 is 10.3 Å². The maximum absolute atomic E-state index is 12.8. The molecule has 3 N–H and O–H groups in total. The highest BCUT2D eigenvalue weighted by Gasteiger charge is 2.12. The molecule has 0 aliphatic rings. The fourth-order valence-electron chi connectivity index (χ4n) is 4.04. The van der Waals surface area contributed by atoms with Crippen LogP contribution in [0.2, 0.25) is 0 Å². The number of fused-ring (bicyclic) bond motifs is 2. The third kappa shape index (κ3) is 4.24. The van der Waals surface area contributed by atoms with Gasteiger partial charge >= 0.3 is 0 Å². The Morgan fingerprint density at radius 1 is 0.914 bits per heavy atom. The van der Waals surface area contributed by atoms with E-state index in [-0.39, 0.29) is 5.78 Å². The van der Waals surface area contributed by atoms with Crippen LogP contribution in [0.5, 0.6) is 0 Å². The molecule has 0 fully saturated rings. The molecule has 4 heterocycles. The van der Waals surface area contributed by atoms with Crippen molar-refractivity contribution in [2.75, 3.05) is 5.32 Å². The summed E-state index contributed by atoms with van der Waals surface area (Å²) in [6.07, 6.45) is 5.56. The Kier molecular flexibility index (Phi) is 5.03. The van der Waals surface area contributed by atoms with Gasteiger partial charge in [-0.2, -0.15) is 5.10 Å². The van der Waals surface area contributed by atoms with Gasteiger partial charge in [-0.1, -0.05) is 18.2 Å². The highest BCUT2D eigenvalue weighted by Crippen LogP contribution is 2.25. The fourth-order valence-corrected chi connectivity index (χ4v) is 4.04. The van der Waals surface area contributed by atoms with Crippen molar-refractivity contribution >= 4 is 39.1 Å². The number of anilines is 2. The first-order chi connectivity index (χ1) is 17.1. The van der Waals surface area contributed by atoms with Gasteiger partial charge in [0.2, 0.25) is 0 Å². The van der Waals surface area contributed by atoms with E-state index in [0.717, 1.165) is 44.3 Å². The molecule has 0 unspecified atom stereocenters. The molecule has 8 nitrogen and oxygen atoms in total. The number of aromatic amines is 2. The number of H-pyrrole nitrogens is 2. The third-order valence-corrected chi connectivity index (χ3v) is 5.89. The van der Waals surface area contributed by atoms with Crippen LogP contribution in [0.4, 0.5) is 11.5 Å². The van der Waals surface area contributed by atoms with Crippen LogP contribution in [0.15, 0.2) is 79.3 Å². The second kappa shape index (κ2) is 8.49. The van der Waals surface area contributed by atoms with Crippen molar-refractivity contribution in [3.05, 3.63) is 96.2 Å². The number of carbonyl (C=O) groups excluding carboxylic acids is 1. The number of hydrogen-bond acceptors (Lipinski definition) is 6. The number of nitrogens with zero attached hydrogens (tertiary/aromatic N) is 4. The van der Waals surface area contributed by atoms with Crippen LogP contribution >= 0.6 is 0 Å². The summed E-state index contributed by atoms with van der Waals surface area (Å²) in [4.78, 5) is 29.5. The molecule has 0 aliphatic heterocycles. The number of nitrogens with one attached hydrogen (secondary N) is 3. The Bertz CT molecular complexity index is 1680. The highest BCUT2D eigenvalue weighted by molar-refractivity contribution is 6.01. The summed E-state index contributed by atoms with van der Waals surface area (Å²) in [7, 11) is 0. The zero-order valence-electron chi connectivity index (χ0n) is 18.9.